The van der Waals surface area contributed by atoms with E-state index >= 15 is 0 Å². The number of carbonyl (C=O) groups excluding carboxylic acids is 2. The van der Waals surface area contributed by atoms with Gasteiger partial charge in [0.2, 0.25) is 0 Å². The molecule has 22 heavy (non-hydrogen) atoms. The summed E-state index contributed by atoms with van der Waals surface area (Å²) in [5.74, 6) is -0.0474. The van der Waals surface area contributed by atoms with Crippen LogP contribution in [0.1, 0.15) is 33.7 Å². The molecule has 0 radical (unpaired) electrons. The van der Waals surface area contributed by atoms with Gasteiger partial charge in [-0.05, 0) is 24.8 Å². The van der Waals surface area contributed by atoms with Crippen LogP contribution in [0.15, 0.2) is 29.2 Å². The molecule has 8 nitrogen and oxygen atoms in total. The van der Waals surface area contributed by atoms with Crippen molar-refractivity contribution in [1.29, 1.82) is 0 Å². The topological polar surface area (TPSA) is 104 Å². The zero-order valence-electron chi connectivity index (χ0n) is 12.0. The van der Waals surface area contributed by atoms with E-state index in [-0.39, 0.29) is 17.7 Å². The molecule has 2 amide bonds. The largest absolute Gasteiger partial charge is 0.472 e. The van der Waals surface area contributed by atoms with Gasteiger partial charge in [0, 0.05) is 19.6 Å². The monoisotopic (exact) mass is 303 g/mol. The van der Waals surface area contributed by atoms with Gasteiger partial charge in [-0.1, -0.05) is 0 Å². The number of nitrogens with zero attached hydrogens (tertiary/aromatic N) is 3. The highest BCUT2D eigenvalue weighted by Crippen LogP contribution is 2.17. The predicted octanol–water partition coefficient (Wildman–Crippen LogP) is 0.680. The van der Waals surface area contributed by atoms with Gasteiger partial charge in [-0.15, -0.1) is 0 Å². The van der Waals surface area contributed by atoms with Gasteiger partial charge in [-0.25, -0.2) is 0 Å². The van der Waals surface area contributed by atoms with Gasteiger partial charge >= 0.3 is 0 Å². The Kier molecular flexibility index (Phi) is 4.17. The number of rotatable bonds is 4. The molecule has 8 heteroatoms. The van der Waals surface area contributed by atoms with Gasteiger partial charge in [0.1, 0.15) is 6.26 Å². The summed E-state index contributed by atoms with van der Waals surface area (Å²) >= 11 is 0. The minimum atomic E-state index is -0.159. The van der Waals surface area contributed by atoms with Crippen LogP contribution in [-0.2, 0) is 0 Å². The minimum Gasteiger partial charge on any atom is -0.472 e. The Morgan fingerprint density at radius 2 is 2.41 bits per heavy atom. The molecule has 0 bridgehead atoms. The molecule has 1 saturated heterocycles. The maximum Gasteiger partial charge on any atom is 0.276 e. The number of nitrogens with one attached hydrogen (secondary N) is 2. The van der Waals surface area contributed by atoms with E-state index in [1.165, 1.54) is 18.7 Å². The van der Waals surface area contributed by atoms with Crippen LogP contribution in [0.2, 0.25) is 0 Å². The molecule has 0 spiro atoms. The van der Waals surface area contributed by atoms with E-state index in [4.69, 9.17) is 4.42 Å². The van der Waals surface area contributed by atoms with Crippen molar-refractivity contribution in [3.8, 4) is 0 Å². The number of aromatic amines is 1. The molecule has 1 fully saturated rings. The lowest BCUT2D eigenvalue weighted by Gasteiger charge is -2.32. The van der Waals surface area contributed by atoms with E-state index in [0.717, 1.165) is 12.8 Å². The van der Waals surface area contributed by atoms with Crippen LogP contribution >= 0.6 is 0 Å². The SMILES string of the molecule is O=C(NCC1CCCN(C(=O)c2cn[nH]n2)C1)c1ccoc1. The quantitative estimate of drug-likeness (QED) is 0.864. The van der Waals surface area contributed by atoms with E-state index in [2.05, 4.69) is 20.7 Å². The van der Waals surface area contributed by atoms with Crippen molar-refractivity contribution in [3.05, 3.63) is 36.0 Å². The van der Waals surface area contributed by atoms with E-state index in [1.807, 2.05) is 0 Å². The summed E-state index contributed by atoms with van der Waals surface area (Å²) in [4.78, 5) is 25.9. The molecule has 3 rings (SSSR count). The lowest BCUT2D eigenvalue weighted by Crippen LogP contribution is -2.43. The Labute approximate surface area is 126 Å². The van der Waals surface area contributed by atoms with Crippen LogP contribution < -0.4 is 5.32 Å². The molecular weight excluding hydrogens is 286 g/mol. The van der Waals surface area contributed by atoms with Crippen LogP contribution in [0.5, 0.6) is 0 Å². The van der Waals surface area contributed by atoms with Gasteiger partial charge in [0.25, 0.3) is 11.8 Å². The van der Waals surface area contributed by atoms with Crippen molar-refractivity contribution in [2.24, 2.45) is 5.92 Å². The van der Waals surface area contributed by atoms with Gasteiger partial charge < -0.3 is 14.6 Å². The molecular formula is C14H17N5O3. The minimum absolute atomic E-state index is 0.125. The first-order valence-corrected chi connectivity index (χ1v) is 7.19. The fourth-order valence-corrected chi connectivity index (χ4v) is 2.62. The van der Waals surface area contributed by atoms with Gasteiger partial charge in [0.05, 0.1) is 18.0 Å². The average Bonchev–Trinajstić information content (AvgIpc) is 3.25. The van der Waals surface area contributed by atoms with E-state index in [0.29, 0.717) is 30.9 Å². The van der Waals surface area contributed by atoms with Crippen molar-refractivity contribution in [3.63, 3.8) is 0 Å². The van der Waals surface area contributed by atoms with Crippen LogP contribution in [0.25, 0.3) is 0 Å². The van der Waals surface area contributed by atoms with E-state index < -0.39 is 0 Å². The third kappa shape index (κ3) is 3.16. The maximum absolute atomic E-state index is 12.2. The highest BCUT2D eigenvalue weighted by Gasteiger charge is 2.26. The number of piperidine rings is 1. The molecule has 0 aliphatic carbocycles. The first-order valence-electron chi connectivity index (χ1n) is 7.19. The second-order valence-corrected chi connectivity index (χ2v) is 5.34. The summed E-state index contributed by atoms with van der Waals surface area (Å²) in [5, 5.41) is 12.8. The first kappa shape index (κ1) is 14.3. The van der Waals surface area contributed by atoms with Gasteiger partial charge in [-0.2, -0.15) is 15.4 Å². The van der Waals surface area contributed by atoms with E-state index in [9.17, 15) is 9.59 Å². The summed E-state index contributed by atoms with van der Waals surface area (Å²) < 4.78 is 4.89. The van der Waals surface area contributed by atoms with Gasteiger partial charge in [0.15, 0.2) is 5.69 Å². The summed E-state index contributed by atoms with van der Waals surface area (Å²) in [7, 11) is 0. The van der Waals surface area contributed by atoms with Crippen molar-refractivity contribution >= 4 is 11.8 Å². The Morgan fingerprint density at radius 1 is 1.50 bits per heavy atom. The maximum atomic E-state index is 12.2. The molecule has 1 atom stereocenters. The fraction of sp³-hybridized carbons (Fsp3) is 0.429. The third-order valence-electron chi connectivity index (χ3n) is 3.78. The smallest absolute Gasteiger partial charge is 0.276 e. The zero-order chi connectivity index (χ0) is 15.4. The van der Waals surface area contributed by atoms with Crippen LogP contribution in [0.4, 0.5) is 0 Å². The number of furan rings is 1. The second-order valence-electron chi connectivity index (χ2n) is 5.34. The first-order chi connectivity index (χ1) is 10.7. The Hall–Kier alpha value is -2.64. The van der Waals surface area contributed by atoms with Crippen LogP contribution in [0.3, 0.4) is 0 Å². The molecule has 1 aliphatic rings. The Balaban J connectivity index is 1.52. The number of hydrogen-bond donors (Lipinski definition) is 2. The second kappa shape index (κ2) is 6.42. The van der Waals surface area contributed by atoms with Crippen LogP contribution in [-0.4, -0.2) is 51.8 Å². The fourth-order valence-electron chi connectivity index (χ4n) is 2.62. The summed E-state index contributed by atoms with van der Waals surface area (Å²) in [6.45, 7) is 1.85. The van der Waals surface area contributed by atoms with Gasteiger partial charge in [-0.3, -0.25) is 9.59 Å². The third-order valence-corrected chi connectivity index (χ3v) is 3.78. The number of likely N-dealkylation sites (tertiary alicyclic amines) is 1. The molecule has 0 saturated carbocycles. The number of H-pyrrole nitrogens is 1. The lowest BCUT2D eigenvalue weighted by atomic mass is 9.97. The standard InChI is InChI=1S/C14H17N5O3/c20-13(11-3-5-22-9-11)15-6-10-2-1-4-19(8-10)14(21)12-7-16-18-17-12/h3,5,7,9-10H,1-2,4,6,8H2,(H,15,20)(H,16,17,18). The molecule has 116 valence electrons. The number of carbonyl (C=O) groups is 2. The molecule has 2 aromatic heterocycles. The summed E-state index contributed by atoms with van der Waals surface area (Å²) in [5.41, 5.74) is 0.828. The number of aromatic nitrogens is 3. The van der Waals surface area contributed by atoms with Crippen molar-refractivity contribution in [2.45, 2.75) is 12.8 Å². The normalized spacial score (nSPS) is 18.2. The van der Waals surface area contributed by atoms with E-state index in [1.54, 1.807) is 11.0 Å². The number of hydrogen-bond acceptors (Lipinski definition) is 5. The zero-order valence-corrected chi connectivity index (χ0v) is 12.0. The summed E-state index contributed by atoms with van der Waals surface area (Å²) in [6.07, 6.45) is 6.20. The highest BCUT2D eigenvalue weighted by atomic mass is 16.3. The Bertz CT molecular complexity index is 623. The summed E-state index contributed by atoms with van der Waals surface area (Å²) in [6, 6.07) is 1.62. The lowest BCUT2D eigenvalue weighted by molar-refractivity contribution is 0.0665. The molecule has 0 aromatic carbocycles. The highest BCUT2D eigenvalue weighted by molar-refractivity contribution is 5.93. The van der Waals surface area contributed by atoms with Crippen LogP contribution in [0, 0.1) is 5.92 Å². The van der Waals surface area contributed by atoms with Crippen molar-refractivity contribution in [2.75, 3.05) is 19.6 Å². The Morgan fingerprint density at radius 3 is 3.14 bits per heavy atom. The molecule has 1 aliphatic heterocycles. The molecule has 1 unspecified atom stereocenters. The molecule has 2 aromatic rings. The average molecular weight is 303 g/mol. The van der Waals surface area contributed by atoms with Crippen molar-refractivity contribution < 1.29 is 14.0 Å². The predicted molar refractivity (Wildman–Crippen MR) is 76.1 cm³/mol. The number of amides is 2. The molecule has 2 N–H and O–H groups in total. The molecule has 3 heterocycles. The van der Waals surface area contributed by atoms with Crippen molar-refractivity contribution in [1.82, 2.24) is 25.6 Å².